The minimum absolute atomic E-state index is 0.0381. The summed E-state index contributed by atoms with van der Waals surface area (Å²) in [4.78, 5) is 35.9. The van der Waals surface area contributed by atoms with Crippen LogP contribution in [0.5, 0.6) is 0 Å². The van der Waals surface area contributed by atoms with Crippen molar-refractivity contribution in [3.05, 3.63) is 34.3 Å². The first kappa shape index (κ1) is 17.7. The van der Waals surface area contributed by atoms with Crippen LogP contribution in [-0.2, 0) is 23.9 Å². The van der Waals surface area contributed by atoms with Crippen LogP contribution >= 0.6 is 0 Å². The van der Waals surface area contributed by atoms with Crippen molar-refractivity contribution in [1.29, 1.82) is 0 Å². The zero-order chi connectivity index (χ0) is 16.9. The normalized spacial score (nSPS) is 16.3. The third kappa shape index (κ3) is 3.44. The topological polar surface area (TPSA) is 89.9 Å². The molecular weight excluding hydrogens is 288 g/mol. The third-order valence-corrected chi connectivity index (χ3v) is 3.41. The monoisotopic (exact) mass is 308 g/mol. The van der Waals surface area contributed by atoms with E-state index >= 15 is 0 Å². The second-order valence-electron chi connectivity index (χ2n) is 4.84. The molecule has 0 aromatic carbocycles. The van der Waals surface area contributed by atoms with Crippen LogP contribution in [0, 0.1) is 0 Å². The van der Waals surface area contributed by atoms with E-state index in [2.05, 4.69) is 0 Å². The Bertz CT molecular complexity index is 592. The van der Waals surface area contributed by atoms with Crippen LogP contribution in [0.4, 0.5) is 0 Å². The number of aliphatic carboxylic acids is 1. The molecule has 0 unspecified atom stereocenters. The average molecular weight is 308 g/mol. The number of hydrogen-bond acceptors (Lipinski definition) is 5. The Morgan fingerprint density at radius 2 is 1.68 bits per heavy atom. The summed E-state index contributed by atoms with van der Waals surface area (Å²) in [5.41, 5.74) is 0.280. The molecule has 0 aromatic heterocycles. The van der Waals surface area contributed by atoms with Crippen molar-refractivity contribution in [1.82, 2.24) is 0 Å². The van der Waals surface area contributed by atoms with Gasteiger partial charge < -0.3 is 14.6 Å². The smallest absolute Gasteiger partial charge is 0.331 e. The predicted octanol–water partition coefficient (Wildman–Crippen LogP) is 2.16. The van der Waals surface area contributed by atoms with Gasteiger partial charge >= 0.3 is 5.97 Å². The summed E-state index contributed by atoms with van der Waals surface area (Å²) in [6.45, 7) is 3.41. The lowest BCUT2D eigenvalue weighted by molar-refractivity contribution is -0.132. The number of unbranched alkanes of at least 4 members (excludes halogenated alkanes) is 1. The Morgan fingerprint density at radius 3 is 2.14 bits per heavy atom. The SMILES string of the molecule is CCCC/C(=C\C1=C(C)C(=O)C(OC)=C(OC)C1=O)C(=O)O. The molecule has 0 amide bonds. The van der Waals surface area contributed by atoms with Gasteiger partial charge in [0.25, 0.3) is 0 Å². The molecule has 0 saturated heterocycles. The molecule has 120 valence electrons. The molecule has 0 heterocycles. The van der Waals surface area contributed by atoms with Crippen LogP contribution in [0.3, 0.4) is 0 Å². The summed E-state index contributed by atoms with van der Waals surface area (Å²) in [6, 6.07) is 0. The largest absolute Gasteiger partial charge is 0.489 e. The van der Waals surface area contributed by atoms with Gasteiger partial charge in [-0.05, 0) is 25.8 Å². The van der Waals surface area contributed by atoms with Gasteiger partial charge in [-0.15, -0.1) is 0 Å². The molecule has 0 aliphatic heterocycles. The zero-order valence-electron chi connectivity index (χ0n) is 13.2. The van der Waals surface area contributed by atoms with Crippen LogP contribution in [0.25, 0.3) is 0 Å². The molecule has 6 nitrogen and oxygen atoms in total. The minimum atomic E-state index is -1.10. The maximum Gasteiger partial charge on any atom is 0.331 e. The maximum absolute atomic E-state index is 12.4. The Balaban J connectivity index is 3.34. The fourth-order valence-corrected chi connectivity index (χ4v) is 2.12. The van der Waals surface area contributed by atoms with E-state index in [4.69, 9.17) is 9.47 Å². The molecule has 0 atom stereocenters. The lowest BCUT2D eigenvalue weighted by Crippen LogP contribution is -2.24. The van der Waals surface area contributed by atoms with E-state index in [-0.39, 0.29) is 28.2 Å². The molecule has 0 spiro atoms. The number of rotatable bonds is 7. The average Bonchev–Trinajstić information content (AvgIpc) is 2.49. The van der Waals surface area contributed by atoms with Gasteiger partial charge in [0.2, 0.25) is 23.1 Å². The number of carboxylic acids is 1. The van der Waals surface area contributed by atoms with Gasteiger partial charge in [-0.3, -0.25) is 9.59 Å². The zero-order valence-corrected chi connectivity index (χ0v) is 13.2. The molecule has 0 fully saturated rings. The third-order valence-electron chi connectivity index (χ3n) is 3.41. The van der Waals surface area contributed by atoms with E-state index in [0.717, 1.165) is 6.42 Å². The lowest BCUT2D eigenvalue weighted by atomic mass is 9.91. The molecule has 1 N–H and O–H groups in total. The quantitative estimate of drug-likeness (QED) is 0.572. The van der Waals surface area contributed by atoms with E-state index in [1.54, 1.807) is 0 Å². The van der Waals surface area contributed by atoms with Crippen LogP contribution in [0.2, 0.25) is 0 Å². The summed E-state index contributed by atoms with van der Waals surface area (Å²) >= 11 is 0. The summed E-state index contributed by atoms with van der Waals surface area (Å²) in [7, 11) is 2.54. The highest BCUT2D eigenvalue weighted by Crippen LogP contribution is 2.27. The van der Waals surface area contributed by atoms with Crippen LogP contribution in [0.1, 0.15) is 33.1 Å². The molecule has 0 radical (unpaired) electrons. The molecule has 0 saturated carbocycles. The Labute approximate surface area is 129 Å². The van der Waals surface area contributed by atoms with Gasteiger partial charge in [0.1, 0.15) is 0 Å². The lowest BCUT2D eigenvalue weighted by Gasteiger charge is -2.19. The van der Waals surface area contributed by atoms with Gasteiger partial charge in [0, 0.05) is 16.7 Å². The minimum Gasteiger partial charge on any atom is -0.489 e. The maximum atomic E-state index is 12.4. The second kappa shape index (κ2) is 7.59. The molecule has 0 aromatic rings. The summed E-state index contributed by atoms with van der Waals surface area (Å²) in [6.07, 6.45) is 3.10. The van der Waals surface area contributed by atoms with E-state index in [1.807, 2.05) is 6.92 Å². The second-order valence-corrected chi connectivity index (χ2v) is 4.84. The summed E-state index contributed by atoms with van der Waals surface area (Å²) in [5, 5.41) is 9.24. The standard InChI is InChI=1S/C16H20O6/c1-5-6-7-10(16(19)20)8-11-9(2)12(17)14(21-3)15(22-4)13(11)18/h8H,5-7H2,1-4H3,(H,19,20)/b10-8+. The van der Waals surface area contributed by atoms with Crippen molar-refractivity contribution in [2.24, 2.45) is 0 Å². The number of Topliss-reactive ketones (excluding diaryl/α,β-unsaturated/α-hetero) is 2. The molecule has 22 heavy (non-hydrogen) atoms. The number of ether oxygens (including phenoxy) is 2. The highest BCUT2D eigenvalue weighted by Gasteiger charge is 2.34. The number of carbonyl (C=O) groups excluding carboxylic acids is 2. The van der Waals surface area contributed by atoms with Gasteiger partial charge in [0.05, 0.1) is 14.2 Å². The van der Waals surface area contributed by atoms with E-state index < -0.39 is 17.5 Å². The first-order chi connectivity index (χ1) is 10.4. The van der Waals surface area contributed by atoms with Crippen LogP contribution < -0.4 is 0 Å². The first-order valence-electron chi connectivity index (χ1n) is 6.95. The highest BCUT2D eigenvalue weighted by molar-refractivity contribution is 6.24. The number of carboxylic acid groups (broad SMARTS) is 1. The molecule has 0 bridgehead atoms. The first-order valence-corrected chi connectivity index (χ1v) is 6.95. The molecule has 1 aliphatic rings. The van der Waals surface area contributed by atoms with Gasteiger partial charge in [-0.25, -0.2) is 4.79 Å². The van der Waals surface area contributed by atoms with Crippen molar-refractivity contribution in [3.63, 3.8) is 0 Å². The predicted molar refractivity (Wildman–Crippen MR) is 79.0 cm³/mol. The van der Waals surface area contributed by atoms with E-state index in [1.165, 1.54) is 27.2 Å². The Kier molecular flexibility index (Phi) is 6.10. The van der Waals surface area contributed by atoms with Crippen molar-refractivity contribution >= 4 is 17.5 Å². The molecule has 1 aliphatic carbocycles. The summed E-state index contributed by atoms with van der Waals surface area (Å²) < 4.78 is 9.88. The Hall–Kier alpha value is -2.37. The van der Waals surface area contributed by atoms with E-state index in [0.29, 0.717) is 12.8 Å². The van der Waals surface area contributed by atoms with Crippen molar-refractivity contribution in [2.75, 3.05) is 14.2 Å². The number of carbonyl (C=O) groups is 3. The fourth-order valence-electron chi connectivity index (χ4n) is 2.12. The number of allylic oxidation sites excluding steroid dienone is 3. The van der Waals surface area contributed by atoms with Crippen LogP contribution in [-0.4, -0.2) is 36.9 Å². The van der Waals surface area contributed by atoms with Crippen molar-refractivity contribution < 1.29 is 29.0 Å². The van der Waals surface area contributed by atoms with Crippen molar-refractivity contribution in [2.45, 2.75) is 33.1 Å². The van der Waals surface area contributed by atoms with Gasteiger partial charge in [0.15, 0.2) is 0 Å². The fraction of sp³-hybridized carbons (Fsp3) is 0.438. The molecule has 6 heteroatoms. The summed E-state index contributed by atoms with van der Waals surface area (Å²) in [5.74, 6) is -2.50. The van der Waals surface area contributed by atoms with Gasteiger partial charge in [-0.2, -0.15) is 0 Å². The number of hydrogen-bond donors (Lipinski definition) is 1. The highest BCUT2D eigenvalue weighted by atomic mass is 16.5. The molecule has 1 rings (SSSR count). The van der Waals surface area contributed by atoms with Crippen LogP contribution in [0.15, 0.2) is 34.3 Å². The Morgan fingerprint density at radius 1 is 1.14 bits per heavy atom. The number of methoxy groups -OCH3 is 2. The van der Waals surface area contributed by atoms with E-state index in [9.17, 15) is 19.5 Å². The number of ketones is 2. The van der Waals surface area contributed by atoms with Crippen molar-refractivity contribution in [3.8, 4) is 0 Å². The molecular formula is C16H20O6. The van der Waals surface area contributed by atoms with Gasteiger partial charge in [-0.1, -0.05) is 13.3 Å².